The molecule has 0 amide bonds. The quantitative estimate of drug-likeness (QED) is 0.265. The van der Waals surface area contributed by atoms with E-state index >= 15 is 0 Å². The Labute approximate surface area is 220 Å². The zero-order valence-electron chi connectivity index (χ0n) is 20.9. The Hall–Kier alpha value is -4.33. The number of fused-ring (bicyclic) bond motifs is 2. The van der Waals surface area contributed by atoms with Crippen LogP contribution >= 0.6 is 0 Å². The lowest BCUT2D eigenvalue weighted by atomic mass is 10.1. The number of hydrogen-bond donors (Lipinski definition) is 2. The predicted octanol–water partition coefficient (Wildman–Crippen LogP) is 6.12. The van der Waals surface area contributed by atoms with Gasteiger partial charge in [-0.05, 0) is 73.7 Å². The average molecular weight is 506 g/mol. The fourth-order valence-electron chi connectivity index (χ4n) is 5.24. The summed E-state index contributed by atoms with van der Waals surface area (Å²) in [7, 11) is 0. The minimum atomic E-state index is -0.263. The van der Waals surface area contributed by atoms with Crippen LogP contribution in [-0.2, 0) is 6.42 Å². The minimum absolute atomic E-state index is 0.174. The molecule has 5 aromatic rings. The summed E-state index contributed by atoms with van der Waals surface area (Å²) in [6, 6.07) is 20.9. The number of anilines is 2. The van der Waals surface area contributed by atoms with Gasteiger partial charge in [-0.25, -0.2) is 24.3 Å². The Morgan fingerprint density at radius 2 is 1.71 bits per heavy atom. The molecule has 0 radical (unpaired) electrons. The van der Waals surface area contributed by atoms with Crippen molar-refractivity contribution in [1.82, 2.24) is 24.5 Å². The second-order valence-electron chi connectivity index (χ2n) is 10.2. The van der Waals surface area contributed by atoms with Crippen molar-refractivity contribution in [3.8, 4) is 22.6 Å². The summed E-state index contributed by atoms with van der Waals surface area (Å²) in [4.78, 5) is 19.2. The fourth-order valence-corrected chi connectivity index (χ4v) is 5.24. The van der Waals surface area contributed by atoms with Crippen molar-refractivity contribution in [2.45, 2.75) is 31.7 Å². The van der Waals surface area contributed by atoms with Gasteiger partial charge in [0.25, 0.3) is 0 Å². The smallest absolute Gasteiger partial charge is 0.223 e. The van der Waals surface area contributed by atoms with Crippen molar-refractivity contribution in [1.29, 1.82) is 0 Å². The first-order valence-corrected chi connectivity index (χ1v) is 13.3. The molecule has 1 saturated carbocycles. The van der Waals surface area contributed by atoms with Crippen LogP contribution in [0.1, 0.15) is 31.1 Å². The third kappa shape index (κ3) is 4.47. The van der Waals surface area contributed by atoms with Crippen LogP contribution < -0.4 is 10.6 Å². The molecule has 38 heavy (non-hydrogen) atoms. The number of rotatable bonds is 8. The topological polar surface area (TPSA) is 80.5 Å². The maximum absolute atomic E-state index is 13.7. The van der Waals surface area contributed by atoms with Gasteiger partial charge in [0.15, 0.2) is 0 Å². The van der Waals surface area contributed by atoms with E-state index in [1.54, 1.807) is 18.3 Å². The van der Waals surface area contributed by atoms with Gasteiger partial charge in [0.05, 0.1) is 28.6 Å². The Balaban J connectivity index is 1.24. The Morgan fingerprint density at radius 1 is 0.842 bits per heavy atom. The number of para-hydroxylation sites is 1. The van der Waals surface area contributed by atoms with Crippen molar-refractivity contribution in [2.24, 2.45) is 5.92 Å². The number of halogens is 1. The molecule has 1 unspecified atom stereocenters. The van der Waals surface area contributed by atoms with Crippen molar-refractivity contribution >= 4 is 22.7 Å². The summed E-state index contributed by atoms with van der Waals surface area (Å²) in [5.41, 5.74) is 4.42. The highest BCUT2D eigenvalue weighted by atomic mass is 19.1. The van der Waals surface area contributed by atoms with E-state index in [-0.39, 0.29) is 11.9 Å². The maximum Gasteiger partial charge on any atom is 0.223 e. The third-order valence-electron chi connectivity index (χ3n) is 7.43. The summed E-state index contributed by atoms with van der Waals surface area (Å²) in [6.45, 7) is 1.60. The molecular formula is C30H28FN7. The number of aryl methyl sites for hydroxylation is 1. The largest absolute Gasteiger partial charge is 0.368 e. The molecule has 2 aliphatic rings. The number of pyridine rings is 1. The highest BCUT2D eigenvalue weighted by molar-refractivity contribution is 5.80. The van der Waals surface area contributed by atoms with Crippen LogP contribution in [0.3, 0.4) is 0 Å². The summed E-state index contributed by atoms with van der Waals surface area (Å²) < 4.78 is 16.1. The lowest BCUT2D eigenvalue weighted by Crippen LogP contribution is -2.17. The molecule has 0 saturated heterocycles. The number of hydrogen-bond acceptors (Lipinski definition) is 6. The van der Waals surface area contributed by atoms with Gasteiger partial charge < -0.3 is 15.2 Å². The van der Waals surface area contributed by atoms with Crippen LogP contribution in [0.5, 0.6) is 0 Å². The van der Waals surface area contributed by atoms with Gasteiger partial charge in [0.2, 0.25) is 5.95 Å². The third-order valence-corrected chi connectivity index (χ3v) is 7.43. The maximum atomic E-state index is 13.7. The van der Waals surface area contributed by atoms with Crippen LogP contribution in [0.15, 0.2) is 72.9 Å². The molecule has 0 spiro atoms. The van der Waals surface area contributed by atoms with E-state index in [0.717, 1.165) is 70.5 Å². The molecule has 1 fully saturated rings. The lowest BCUT2D eigenvalue weighted by molar-refractivity contribution is 0.558. The normalized spacial score (nSPS) is 16.5. The van der Waals surface area contributed by atoms with E-state index in [1.807, 2.05) is 30.3 Å². The molecule has 2 N–H and O–H groups in total. The monoisotopic (exact) mass is 505 g/mol. The predicted molar refractivity (Wildman–Crippen MR) is 147 cm³/mol. The van der Waals surface area contributed by atoms with E-state index in [0.29, 0.717) is 12.5 Å². The fraction of sp³-hybridized carbons (Fsp3) is 0.267. The van der Waals surface area contributed by atoms with Crippen molar-refractivity contribution in [3.05, 3.63) is 84.6 Å². The lowest BCUT2D eigenvalue weighted by Gasteiger charge is -2.19. The molecule has 7 rings (SSSR count). The molecule has 1 aliphatic carbocycles. The van der Waals surface area contributed by atoms with Gasteiger partial charge in [0.1, 0.15) is 17.5 Å². The molecule has 7 nitrogen and oxygen atoms in total. The first kappa shape index (κ1) is 22.8. The van der Waals surface area contributed by atoms with Crippen LogP contribution in [0.25, 0.3) is 33.5 Å². The number of imidazole rings is 1. The van der Waals surface area contributed by atoms with Gasteiger partial charge in [-0.2, -0.15) is 0 Å². The molecule has 2 aromatic carbocycles. The SMILES string of the molecule is Fc1ccc(-c2nc3n(c2-c2ccnc(NCC4CC4)n2)C(CNc2ccc4ccccc4n2)CC3)cc1. The average Bonchev–Trinajstić information content (AvgIpc) is 3.59. The molecule has 190 valence electrons. The molecular weight excluding hydrogens is 477 g/mol. The number of nitrogens with one attached hydrogen (secondary N) is 2. The first-order valence-electron chi connectivity index (χ1n) is 13.3. The summed E-state index contributed by atoms with van der Waals surface area (Å²) >= 11 is 0. The minimum Gasteiger partial charge on any atom is -0.368 e. The molecule has 1 atom stereocenters. The molecule has 1 aliphatic heterocycles. The zero-order chi connectivity index (χ0) is 25.5. The van der Waals surface area contributed by atoms with Crippen molar-refractivity contribution in [2.75, 3.05) is 23.7 Å². The standard InChI is InChI=1S/C30H28FN7/c31-22-10-7-21(8-11-22)28-29(25-15-16-32-30(36-25)34-17-19-5-6-19)38-23(12-14-27(38)37-28)18-33-26-13-9-20-3-1-2-4-24(20)35-26/h1-4,7-11,13,15-16,19,23H,5-6,12,14,17-18H2,(H,33,35)(H,32,34,36). The molecule has 4 heterocycles. The van der Waals surface area contributed by atoms with Crippen LogP contribution in [-0.4, -0.2) is 37.6 Å². The highest BCUT2D eigenvalue weighted by Crippen LogP contribution is 2.39. The number of benzene rings is 2. The van der Waals surface area contributed by atoms with Crippen LogP contribution in [0.4, 0.5) is 16.2 Å². The summed E-state index contributed by atoms with van der Waals surface area (Å²) in [6.07, 6.45) is 6.16. The van der Waals surface area contributed by atoms with E-state index in [4.69, 9.17) is 15.0 Å². The Kier molecular flexibility index (Phi) is 5.72. The first-order chi connectivity index (χ1) is 18.7. The van der Waals surface area contributed by atoms with Gasteiger partial charge in [0, 0.05) is 36.7 Å². The zero-order valence-corrected chi connectivity index (χ0v) is 20.9. The van der Waals surface area contributed by atoms with Gasteiger partial charge in [-0.3, -0.25) is 0 Å². The van der Waals surface area contributed by atoms with Crippen LogP contribution in [0, 0.1) is 11.7 Å². The number of nitrogens with zero attached hydrogens (tertiary/aromatic N) is 5. The Bertz CT molecular complexity index is 1610. The molecule has 8 heteroatoms. The summed E-state index contributed by atoms with van der Waals surface area (Å²) in [5, 5.41) is 8.07. The van der Waals surface area contributed by atoms with Gasteiger partial charge in [-0.1, -0.05) is 18.2 Å². The molecule has 3 aromatic heterocycles. The van der Waals surface area contributed by atoms with E-state index in [2.05, 4.69) is 32.3 Å². The molecule has 0 bridgehead atoms. The number of aromatic nitrogens is 5. The second-order valence-corrected chi connectivity index (χ2v) is 10.2. The van der Waals surface area contributed by atoms with Crippen LogP contribution in [0.2, 0.25) is 0 Å². The van der Waals surface area contributed by atoms with Gasteiger partial charge in [-0.15, -0.1) is 0 Å². The summed E-state index contributed by atoms with van der Waals surface area (Å²) in [5.74, 6) is 2.95. The van der Waals surface area contributed by atoms with E-state index < -0.39 is 0 Å². The van der Waals surface area contributed by atoms with Gasteiger partial charge >= 0.3 is 0 Å². The highest BCUT2D eigenvalue weighted by Gasteiger charge is 2.31. The van der Waals surface area contributed by atoms with E-state index in [9.17, 15) is 4.39 Å². The second kappa shape index (κ2) is 9.52. The van der Waals surface area contributed by atoms with Crippen molar-refractivity contribution < 1.29 is 4.39 Å². The van der Waals surface area contributed by atoms with E-state index in [1.165, 1.54) is 25.0 Å². The Morgan fingerprint density at radius 3 is 2.58 bits per heavy atom. The van der Waals surface area contributed by atoms with Crippen molar-refractivity contribution in [3.63, 3.8) is 0 Å².